The maximum absolute atomic E-state index is 10.3. The Labute approximate surface area is 40.2 Å². The van der Waals surface area contributed by atoms with Crippen LogP contribution < -0.4 is 0 Å². The second-order valence-electron chi connectivity index (χ2n) is 2.25. The Morgan fingerprint density at radius 3 is 1.83 bits per heavy atom. The van der Waals surface area contributed by atoms with E-state index < -0.39 is 10.8 Å². The Hall–Kier alpha value is 0.150. The summed E-state index contributed by atoms with van der Waals surface area (Å²) in [6.07, 6.45) is 0. The van der Waals surface area contributed by atoms with Gasteiger partial charge in [-0.25, -0.2) is 0 Å². The van der Waals surface area contributed by atoms with Gasteiger partial charge in [0.15, 0.2) is 0 Å². The van der Waals surface area contributed by atoms with Gasteiger partial charge in [-0.15, -0.1) is 0 Å². The summed E-state index contributed by atoms with van der Waals surface area (Å²) in [5, 5.41) is 0. The van der Waals surface area contributed by atoms with E-state index in [0.717, 1.165) is 5.75 Å². The van der Waals surface area contributed by atoms with Gasteiger partial charge in [-0.2, -0.15) is 0 Å². The zero-order valence-corrected chi connectivity index (χ0v) is 4.84. The highest BCUT2D eigenvalue weighted by atomic mass is 32.2. The van der Waals surface area contributed by atoms with Gasteiger partial charge in [0.1, 0.15) is 0 Å². The lowest BCUT2D eigenvalue weighted by molar-refractivity contribution is 0.688. The topological polar surface area (TPSA) is 17.1 Å². The van der Waals surface area contributed by atoms with E-state index in [0.29, 0.717) is 0 Å². The van der Waals surface area contributed by atoms with Gasteiger partial charge in [0, 0.05) is 16.6 Å². The smallest absolute Gasteiger partial charge is 0.0518 e. The molecular weight excluding hydrogens is 96.1 g/mol. The highest BCUT2D eigenvalue weighted by Gasteiger charge is 2.42. The lowest BCUT2D eigenvalue weighted by Gasteiger charge is -1.82. The average Bonchev–Trinajstić information content (AvgIpc) is 1.73. The van der Waals surface area contributed by atoms with Gasteiger partial charge < -0.3 is 0 Å². The first kappa shape index (κ1) is 4.31. The molecule has 0 spiro atoms. The molecule has 1 heterocycles. The molecule has 36 valence electrons. The van der Waals surface area contributed by atoms with Gasteiger partial charge in [-0.1, -0.05) is 0 Å². The maximum atomic E-state index is 10.3. The molecule has 1 aliphatic rings. The van der Waals surface area contributed by atoms with Crippen LogP contribution in [0.1, 0.15) is 13.8 Å². The SMILES string of the molecule is CC1(C)CS1=O. The first-order valence-electron chi connectivity index (χ1n) is 2.01. The summed E-state index contributed by atoms with van der Waals surface area (Å²) in [5.41, 5.74) is 0. The molecule has 0 amide bonds. The molecule has 1 fully saturated rings. The molecule has 1 nitrogen and oxygen atoms in total. The van der Waals surface area contributed by atoms with Crippen molar-refractivity contribution in [1.82, 2.24) is 0 Å². The minimum atomic E-state index is -0.471. The van der Waals surface area contributed by atoms with E-state index in [1.165, 1.54) is 0 Å². The molecule has 1 unspecified atom stereocenters. The fourth-order valence-electron chi connectivity index (χ4n) is 0.286. The van der Waals surface area contributed by atoms with Crippen LogP contribution in [-0.4, -0.2) is 14.7 Å². The molecule has 0 aliphatic carbocycles. The van der Waals surface area contributed by atoms with Crippen LogP contribution in [-0.2, 0) is 10.8 Å². The molecule has 0 aromatic carbocycles. The molecular formula is C4H8OS. The quantitative estimate of drug-likeness (QED) is 0.410. The Bertz CT molecular complexity index is 95.7. The van der Waals surface area contributed by atoms with Crippen molar-refractivity contribution in [3.8, 4) is 0 Å². The standard InChI is InChI=1S/C4H8OS/c1-4(2)3-6(4)5/h3H2,1-2H3. The monoisotopic (exact) mass is 104 g/mol. The second kappa shape index (κ2) is 0.861. The van der Waals surface area contributed by atoms with Crippen molar-refractivity contribution >= 4 is 10.8 Å². The molecule has 2 heteroatoms. The van der Waals surface area contributed by atoms with Crippen LogP contribution in [0.15, 0.2) is 0 Å². The third kappa shape index (κ3) is 0.492. The third-order valence-corrected chi connectivity index (χ3v) is 3.02. The van der Waals surface area contributed by atoms with E-state index in [9.17, 15) is 4.21 Å². The van der Waals surface area contributed by atoms with Crippen molar-refractivity contribution in [2.24, 2.45) is 0 Å². The van der Waals surface area contributed by atoms with Gasteiger partial charge >= 0.3 is 0 Å². The molecule has 0 N–H and O–H groups in total. The van der Waals surface area contributed by atoms with Crippen LogP contribution >= 0.6 is 0 Å². The van der Waals surface area contributed by atoms with Gasteiger partial charge in [0.25, 0.3) is 0 Å². The van der Waals surface area contributed by atoms with E-state index >= 15 is 0 Å². The van der Waals surface area contributed by atoms with Crippen LogP contribution in [0.4, 0.5) is 0 Å². The summed E-state index contributed by atoms with van der Waals surface area (Å²) in [6, 6.07) is 0. The predicted octanol–water partition coefficient (Wildman–Crippen LogP) is 0.527. The third-order valence-electron chi connectivity index (χ3n) is 1.01. The van der Waals surface area contributed by atoms with E-state index in [-0.39, 0.29) is 4.75 Å². The van der Waals surface area contributed by atoms with Crippen molar-refractivity contribution in [3.63, 3.8) is 0 Å². The highest BCUT2D eigenvalue weighted by molar-refractivity contribution is 7.93. The van der Waals surface area contributed by atoms with Crippen LogP contribution in [0.3, 0.4) is 0 Å². The highest BCUT2D eigenvalue weighted by Crippen LogP contribution is 2.29. The lowest BCUT2D eigenvalue weighted by atomic mass is 10.3. The predicted molar refractivity (Wildman–Crippen MR) is 27.1 cm³/mol. The Morgan fingerprint density at radius 1 is 1.67 bits per heavy atom. The van der Waals surface area contributed by atoms with Crippen molar-refractivity contribution < 1.29 is 4.21 Å². The molecule has 0 radical (unpaired) electrons. The van der Waals surface area contributed by atoms with Crippen molar-refractivity contribution in [2.45, 2.75) is 18.6 Å². The molecule has 0 bridgehead atoms. The lowest BCUT2D eigenvalue weighted by Crippen LogP contribution is -1.92. The average molecular weight is 104 g/mol. The van der Waals surface area contributed by atoms with Crippen LogP contribution in [0.25, 0.3) is 0 Å². The van der Waals surface area contributed by atoms with Crippen molar-refractivity contribution in [2.75, 3.05) is 5.75 Å². The zero-order valence-electron chi connectivity index (χ0n) is 4.02. The summed E-state index contributed by atoms with van der Waals surface area (Å²) >= 11 is 0. The van der Waals surface area contributed by atoms with Crippen molar-refractivity contribution in [1.29, 1.82) is 0 Å². The molecule has 1 saturated heterocycles. The summed E-state index contributed by atoms with van der Waals surface area (Å²) in [7, 11) is -0.471. The van der Waals surface area contributed by atoms with Gasteiger partial charge in [-0.05, 0) is 13.8 Å². The number of hydrogen-bond donors (Lipinski definition) is 0. The molecule has 1 atom stereocenters. The van der Waals surface area contributed by atoms with Crippen LogP contribution in [0, 0.1) is 0 Å². The number of hydrogen-bond acceptors (Lipinski definition) is 1. The first-order chi connectivity index (χ1) is 2.63. The van der Waals surface area contributed by atoms with Crippen LogP contribution in [0.5, 0.6) is 0 Å². The minimum Gasteiger partial charge on any atom is -0.259 e. The van der Waals surface area contributed by atoms with E-state index in [4.69, 9.17) is 0 Å². The molecule has 0 aromatic rings. The van der Waals surface area contributed by atoms with Crippen LogP contribution in [0.2, 0.25) is 0 Å². The van der Waals surface area contributed by atoms with E-state index in [1.54, 1.807) is 0 Å². The summed E-state index contributed by atoms with van der Waals surface area (Å²) in [5.74, 6) is 0.910. The fraction of sp³-hybridized carbons (Fsp3) is 1.00. The maximum Gasteiger partial charge on any atom is 0.0518 e. The largest absolute Gasteiger partial charge is 0.259 e. The Morgan fingerprint density at radius 2 is 1.83 bits per heavy atom. The molecule has 0 saturated carbocycles. The Balaban J connectivity index is 2.63. The summed E-state index contributed by atoms with van der Waals surface area (Å²) in [4.78, 5) is 0. The van der Waals surface area contributed by atoms with Gasteiger partial charge in [0.05, 0.1) is 4.75 Å². The van der Waals surface area contributed by atoms with Gasteiger partial charge in [-0.3, -0.25) is 4.21 Å². The molecule has 1 aliphatic heterocycles. The zero-order chi connectivity index (χ0) is 4.78. The summed E-state index contributed by atoms with van der Waals surface area (Å²) in [6.45, 7) is 4.03. The number of rotatable bonds is 0. The fourth-order valence-corrected chi connectivity index (χ4v) is 1.00. The van der Waals surface area contributed by atoms with E-state index in [1.807, 2.05) is 13.8 Å². The first-order valence-corrected chi connectivity index (χ1v) is 3.33. The van der Waals surface area contributed by atoms with E-state index in [2.05, 4.69) is 0 Å². The molecule has 6 heavy (non-hydrogen) atoms. The van der Waals surface area contributed by atoms with Gasteiger partial charge in [0.2, 0.25) is 0 Å². The molecule has 1 rings (SSSR count). The summed E-state index contributed by atoms with van der Waals surface area (Å²) < 4.78 is 10.5. The molecule has 0 aromatic heterocycles. The minimum absolute atomic E-state index is 0.181. The second-order valence-corrected chi connectivity index (χ2v) is 4.33. The van der Waals surface area contributed by atoms with Crippen molar-refractivity contribution in [3.05, 3.63) is 0 Å². The Kier molecular flexibility index (Phi) is 0.619. The normalized spacial score (nSPS) is 39.3.